The summed E-state index contributed by atoms with van der Waals surface area (Å²) in [6.45, 7) is 15.0. The number of aromatic nitrogens is 1. The Morgan fingerprint density at radius 1 is 1.27 bits per heavy atom. The molecular weight excluding hydrogens is 396 g/mol. The van der Waals surface area contributed by atoms with Gasteiger partial charge in [-0.15, -0.1) is 11.3 Å². The smallest absolute Gasteiger partial charge is 0.228 e. The molecule has 170 valence electrons. The highest BCUT2D eigenvalue weighted by atomic mass is 32.1. The van der Waals surface area contributed by atoms with E-state index in [1.807, 2.05) is 20.8 Å². The Hall–Kier alpha value is -1.22. The average Bonchev–Trinajstić information content (AvgIpc) is 3.30. The molecule has 0 unspecified atom stereocenters. The van der Waals surface area contributed by atoms with Crippen molar-refractivity contribution in [2.24, 2.45) is 5.41 Å². The molecule has 0 radical (unpaired) electrons. The van der Waals surface area contributed by atoms with E-state index >= 15 is 0 Å². The maximum Gasteiger partial charge on any atom is 0.228 e. The molecule has 0 aliphatic carbocycles. The third-order valence-corrected chi connectivity index (χ3v) is 7.13. The zero-order valence-corrected chi connectivity index (χ0v) is 20.6. The predicted molar refractivity (Wildman–Crippen MR) is 125 cm³/mol. The molecule has 1 aromatic rings. The number of amides is 1. The fourth-order valence-corrected chi connectivity index (χ4v) is 5.27. The number of hydrogen-bond acceptors (Lipinski definition) is 7. The van der Waals surface area contributed by atoms with Gasteiger partial charge < -0.3 is 10.2 Å². The van der Waals surface area contributed by atoms with Gasteiger partial charge in [-0.2, -0.15) is 0 Å². The summed E-state index contributed by atoms with van der Waals surface area (Å²) in [5.41, 5.74) is 0.792. The lowest BCUT2D eigenvalue weighted by Crippen LogP contribution is -2.59. The van der Waals surface area contributed by atoms with Crippen molar-refractivity contribution in [3.05, 3.63) is 11.1 Å². The number of carbonyl (C=O) groups excluding carboxylic acids is 1. The molecular formula is C22H40N6OS. The maximum atomic E-state index is 12.8. The maximum absolute atomic E-state index is 12.8. The Balaban J connectivity index is 1.53. The molecule has 8 heteroatoms. The number of piperazine rings is 1. The van der Waals surface area contributed by atoms with Gasteiger partial charge in [-0.3, -0.25) is 9.69 Å². The highest BCUT2D eigenvalue weighted by molar-refractivity contribution is 7.13. The lowest BCUT2D eigenvalue weighted by atomic mass is 9.92. The lowest BCUT2D eigenvalue weighted by molar-refractivity contribution is -0.145. The molecule has 3 rings (SSSR count). The van der Waals surface area contributed by atoms with Gasteiger partial charge in [0.15, 0.2) is 5.13 Å². The summed E-state index contributed by atoms with van der Waals surface area (Å²) < 4.78 is 0. The van der Waals surface area contributed by atoms with Crippen LogP contribution in [0.4, 0.5) is 5.13 Å². The SMILES string of the molecule is C[C@H]1CN(C(=O)C(C)(C)C)[C@@H](C)CN1Cc1csc(NC[C@@H]2CCCN2N(C)C)n1. The van der Waals surface area contributed by atoms with Gasteiger partial charge in [0.2, 0.25) is 5.91 Å². The Morgan fingerprint density at radius 2 is 2.00 bits per heavy atom. The number of hydrogen-bond donors (Lipinski definition) is 1. The molecule has 1 amide bonds. The molecule has 2 aliphatic rings. The van der Waals surface area contributed by atoms with Gasteiger partial charge in [0.05, 0.1) is 5.69 Å². The number of thiazole rings is 1. The first-order valence-electron chi connectivity index (χ1n) is 11.2. The molecule has 0 bridgehead atoms. The monoisotopic (exact) mass is 436 g/mol. The van der Waals surface area contributed by atoms with E-state index in [-0.39, 0.29) is 17.4 Å². The summed E-state index contributed by atoms with van der Waals surface area (Å²) in [6, 6.07) is 1.10. The second kappa shape index (κ2) is 9.51. The fraction of sp³-hybridized carbons (Fsp3) is 0.818. The summed E-state index contributed by atoms with van der Waals surface area (Å²) in [5, 5.41) is 11.4. The van der Waals surface area contributed by atoms with Crippen LogP contribution in [0.3, 0.4) is 0 Å². The van der Waals surface area contributed by atoms with Crippen molar-refractivity contribution in [3.8, 4) is 0 Å². The van der Waals surface area contributed by atoms with Crippen LogP contribution in [0.15, 0.2) is 5.38 Å². The van der Waals surface area contributed by atoms with Crippen molar-refractivity contribution < 1.29 is 4.79 Å². The van der Waals surface area contributed by atoms with E-state index in [1.54, 1.807) is 11.3 Å². The van der Waals surface area contributed by atoms with Crippen molar-refractivity contribution in [1.29, 1.82) is 0 Å². The molecule has 7 nitrogen and oxygen atoms in total. The Kier molecular flexibility index (Phi) is 7.43. The first-order valence-corrected chi connectivity index (χ1v) is 12.1. The van der Waals surface area contributed by atoms with Crippen LogP contribution in [0.2, 0.25) is 0 Å². The van der Waals surface area contributed by atoms with Gasteiger partial charge in [0.25, 0.3) is 0 Å². The summed E-state index contributed by atoms with van der Waals surface area (Å²) in [4.78, 5) is 22.1. The van der Waals surface area contributed by atoms with Crippen molar-refractivity contribution in [2.45, 2.75) is 72.1 Å². The predicted octanol–water partition coefficient (Wildman–Crippen LogP) is 2.96. The van der Waals surface area contributed by atoms with Crippen LogP contribution in [0.25, 0.3) is 0 Å². The highest BCUT2D eigenvalue weighted by Crippen LogP contribution is 2.26. The number of anilines is 1. The quantitative estimate of drug-likeness (QED) is 0.740. The molecule has 3 heterocycles. The van der Waals surface area contributed by atoms with Crippen LogP contribution in [0.5, 0.6) is 0 Å². The van der Waals surface area contributed by atoms with E-state index in [4.69, 9.17) is 4.98 Å². The van der Waals surface area contributed by atoms with E-state index in [9.17, 15) is 4.79 Å². The normalized spacial score (nSPS) is 26.5. The van der Waals surface area contributed by atoms with Gasteiger partial charge in [-0.25, -0.2) is 15.0 Å². The molecule has 1 N–H and O–H groups in total. The molecule has 0 spiro atoms. The Bertz CT molecular complexity index is 715. The van der Waals surface area contributed by atoms with Crippen LogP contribution in [-0.4, -0.2) is 89.1 Å². The summed E-state index contributed by atoms with van der Waals surface area (Å²) in [5.74, 6) is 0.250. The largest absolute Gasteiger partial charge is 0.360 e. The van der Waals surface area contributed by atoms with E-state index in [2.05, 4.69) is 58.5 Å². The molecule has 2 fully saturated rings. The number of rotatable bonds is 6. The summed E-state index contributed by atoms with van der Waals surface area (Å²) in [7, 11) is 4.24. The second-order valence-electron chi connectivity index (χ2n) is 10.2. The minimum absolute atomic E-state index is 0.225. The van der Waals surface area contributed by atoms with Crippen LogP contribution >= 0.6 is 11.3 Å². The van der Waals surface area contributed by atoms with Crippen LogP contribution in [-0.2, 0) is 11.3 Å². The molecule has 30 heavy (non-hydrogen) atoms. The third-order valence-electron chi connectivity index (χ3n) is 6.28. The van der Waals surface area contributed by atoms with E-state index in [1.165, 1.54) is 12.8 Å². The molecule has 2 saturated heterocycles. The van der Waals surface area contributed by atoms with Crippen molar-refractivity contribution >= 4 is 22.4 Å². The number of hydrazine groups is 1. The number of nitrogens with zero attached hydrogens (tertiary/aromatic N) is 5. The molecule has 1 aromatic heterocycles. The van der Waals surface area contributed by atoms with Crippen molar-refractivity contribution in [3.63, 3.8) is 0 Å². The minimum Gasteiger partial charge on any atom is -0.360 e. The van der Waals surface area contributed by atoms with E-state index in [0.717, 1.165) is 43.5 Å². The first kappa shape index (κ1) is 23.4. The molecule has 0 aromatic carbocycles. The Morgan fingerprint density at radius 3 is 2.67 bits per heavy atom. The standard InChI is InChI=1S/C22H40N6OS/c1-16-13-27(20(29)22(3,4)5)17(2)12-26(16)14-18-15-30-21(24-18)23-11-19-9-8-10-28(19)25(6)7/h15-17,19H,8-14H2,1-7H3,(H,23,24)/t16-,17-,19-/m0/s1. The number of carbonyl (C=O) groups is 1. The van der Waals surface area contributed by atoms with Crippen molar-refractivity contribution in [2.75, 3.05) is 45.6 Å². The topological polar surface area (TPSA) is 55.0 Å². The van der Waals surface area contributed by atoms with Gasteiger partial charge in [-0.05, 0) is 26.7 Å². The van der Waals surface area contributed by atoms with E-state index < -0.39 is 0 Å². The van der Waals surface area contributed by atoms with Gasteiger partial charge in [0.1, 0.15) is 0 Å². The second-order valence-corrected chi connectivity index (χ2v) is 11.0. The van der Waals surface area contributed by atoms with E-state index in [0.29, 0.717) is 12.1 Å². The fourth-order valence-electron chi connectivity index (χ4n) is 4.56. The van der Waals surface area contributed by atoms with Gasteiger partial charge in [-0.1, -0.05) is 20.8 Å². The van der Waals surface area contributed by atoms with Crippen LogP contribution in [0, 0.1) is 5.41 Å². The molecule has 2 aliphatic heterocycles. The average molecular weight is 437 g/mol. The summed E-state index contributed by atoms with van der Waals surface area (Å²) >= 11 is 1.70. The molecule has 3 atom stereocenters. The summed E-state index contributed by atoms with van der Waals surface area (Å²) in [6.07, 6.45) is 2.49. The zero-order valence-electron chi connectivity index (χ0n) is 19.8. The van der Waals surface area contributed by atoms with Gasteiger partial charge >= 0.3 is 0 Å². The van der Waals surface area contributed by atoms with Crippen molar-refractivity contribution in [1.82, 2.24) is 24.8 Å². The zero-order chi connectivity index (χ0) is 22.1. The Labute approximate surface area is 186 Å². The first-order chi connectivity index (χ1) is 14.1. The van der Waals surface area contributed by atoms with Crippen LogP contribution in [0.1, 0.15) is 53.2 Å². The third kappa shape index (κ3) is 5.52. The lowest BCUT2D eigenvalue weighted by Gasteiger charge is -2.45. The highest BCUT2D eigenvalue weighted by Gasteiger charge is 2.36. The molecule has 0 saturated carbocycles. The van der Waals surface area contributed by atoms with Crippen LogP contribution < -0.4 is 5.32 Å². The van der Waals surface area contributed by atoms with Gasteiger partial charge in [0, 0.05) is 75.7 Å². The minimum atomic E-state index is -0.326. The number of nitrogens with one attached hydrogen (secondary N) is 1.